The molecule has 0 radical (unpaired) electrons. The monoisotopic (exact) mass is 315 g/mol. The minimum absolute atomic E-state index is 0.126. The Morgan fingerprint density at radius 1 is 1.22 bits per heavy atom. The average Bonchev–Trinajstić information content (AvgIpc) is 2.75. The minimum Gasteiger partial charge on any atom is -0.500 e. The summed E-state index contributed by atoms with van der Waals surface area (Å²) in [4.78, 5) is 17.8. The van der Waals surface area contributed by atoms with Gasteiger partial charge in [-0.05, 0) is 50.8 Å². The van der Waals surface area contributed by atoms with Gasteiger partial charge in [-0.15, -0.1) is 0 Å². The van der Waals surface area contributed by atoms with Crippen LogP contribution in [-0.2, 0) is 14.4 Å². The van der Waals surface area contributed by atoms with Crippen LogP contribution >= 0.6 is 0 Å². The zero-order valence-corrected chi connectivity index (χ0v) is 14.8. The third kappa shape index (κ3) is 3.46. The summed E-state index contributed by atoms with van der Waals surface area (Å²) in [5.41, 5.74) is 6.00. The lowest BCUT2D eigenvalue weighted by molar-refractivity contribution is -0.116. The highest BCUT2D eigenvalue weighted by molar-refractivity contribution is 6.25. The second-order valence-corrected chi connectivity index (χ2v) is 6.25. The van der Waals surface area contributed by atoms with E-state index in [0.717, 1.165) is 33.7 Å². The Hall–Kier alpha value is -2.10. The maximum atomic E-state index is 13.0. The predicted octanol–water partition coefficient (Wildman–Crippen LogP) is 3.97. The first-order chi connectivity index (χ1) is 10.9. The summed E-state index contributed by atoms with van der Waals surface area (Å²) >= 11 is 0. The highest BCUT2D eigenvalue weighted by Gasteiger charge is 2.36. The number of benzene rings is 1. The number of methoxy groups -OCH3 is 1. The second kappa shape index (κ2) is 6.99. The van der Waals surface area contributed by atoms with Crippen molar-refractivity contribution in [1.29, 1.82) is 0 Å². The SMILES string of the molecule is CO/N=C(\C)CC1CC(OC)=C(c2c(C)cc(C)cc2C)C1=O. The molecule has 4 nitrogen and oxygen atoms in total. The summed E-state index contributed by atoms with van der Waals surface area (Å²) in [5, 5.41) is 3.92. The lowest BCUT2D eigenvalue weighted by Crippen LogP contribution is -2.14. The number of carbonyl (C=O) groups is 1. The van der Waals surface area contributed by atoms with Crippen LogP contribution in [0, 0.1) is 26.7 Å². The van der Waals surface area contributed by atoms with Crippen LogP contribution in [0.1, 0.15) is 42.0 Å². The average molecular weight is 315 g/mol. The fourth-order valence-electron chi connectivity index (χ4n) is 3.50. The van der Waals surface area contributed by atoms with E-state index in [4.69, 9.17) is 9.57 Å². The van der Waals surface area contributed by atoms with Gasteiger partial charge in [0.25, 0.3) is 0 Å². The van der Waals surface area contributed by atoms with Crippen LogP contribution in [0.3, 0.4) is 0 Å². The number of ether oxygens (including phenoxy) is 1. The molecule has 1 aromatic rings. The predicted molar refractivity (Wildman–Crippen MR) is 92.4 cm³/mol. The number of Topliss-reactive ketones (excluding diaryl/α,β-unsaturated/α-hetero) is 1. The van der Waals surface area contributed by atoms with Gasteiger partial charge in [0.05, 0.1) is 18.4 Å². The number of ketones is 1. The van der Waals surface area contributed by atoms with Crippen molar-refractivity contribution in [3.63, 3.8) is 0 Å². The fourth-order valence-corrected chi connectivity index (χ4v) is 3.50. The van der Waals surface area contributed by atoms with Crippen LogP contribution < -0.4 is 0 Å². The molecule has 0 aliphatic heterocycles. The van der Waals surface area contributed by atoms with Crippen molar-refractivity contribution in [3.8, 4) is 0 Å². The van der Waals surface area contributed by atoms with Gasteiger partial charge in [-0.3, -0.25) is 4.79 Å². The second-order valence-electron chi connectivity index (χ2n) is 6.25. The van der Waals surface area contributed by atoms with Crippen molar-refractivity contribution in [3.05, 3.63) is 40.1 Å². The quantitative estimate of drug-likeness (QED) is 0.610. The molecule has 0 bridgehead atoms. The standard InChI is InChI=1S/C19H25NO3/c1-11-7-12(2)17(13(3)8-11)18-16(22-5)10-15(19(18)21)9-14(4)20-23-6/h7-8,15H,9-10H2,1-6H3/b20-14+. The van der Waals surface area contributed by atoms with Gasteiger partial charge in [0.15, 0.2) is 5.78 Å². The molecule has 124 valence electrons. The Bertz CT molecular complexity index is 663. The van der Waals surface area contributed by atoms with Crippen LogP contribution in [0.2, 0.25) is 0 Å². The Morgan fingerprint density at radius 2 is 1.83 bits per heavy atom. The van der Waals surface area contributed by atoms with E-state index in [2.05, 4.69) is 24.2 Å². The minimum atomic E-state index is -0.126. The first-order valence-corrected chi connectivity index (χ1v) is 7.85. The number of oxime groups is 1. The third-order valence-electron chi connectivity index (χ3n) is 4.29. The van der Waals surface area contributed by atoms with E-state index in [1.165, 1.54) is 12.7 Å². The molecule has 0 N–H and O–H groups in total. The molecule has 2 rings (SSSR count). The van der Waals surface area contributed by atoms with Gasteiger partial charge in [-0.2, -0.15) is 0 Å². The molecule has 0 spiro atoms. The van der Waals surface area contributed by atoms with E-state index >= 15 is 0 Å². The zero-order chi connectivity index (χ0) is 17.1. The van der Waals surface area contributed by atoms with Gasteiger partial charge in [-0.1, -0.05) is 22.9 Å². The van der Waals surface area contributed by atoms with Crippen LogP contribution in [0.5, 0.6) is 0 Å². The summed E-state index contributed by atoms with van der Waals surface area (Å²) in [6, 6.07) is 4.22. The fraction of sp³-hybridized carbons (Fsp3) is 0.474. The summed E-state index contributed by atoms with van der Waals surface area (Å²) in [5.74, 6) is 0.793. The summed E-state index contributed by atoms with van der Waals surface area (Å²) in [6.07, 6.45) is 1.21. The Kier molecular flexibility index (Phi) is 5.24. The third-order valence-corrected chi connectivity index (χ3v) is 4.29. The molecule has 1 atom stereocenters. The van der Waals surface area contributed by atoms with Gasteiger partial charge in [0.1, 0.15) is 12.9 Å². The number of nitrogens with zero attached hydrogens (tertiary/aromatic N) is 1. The maximum absolute atomic E-state index is 13.0. The molecule has 0 amide bonds. The molecule has 0 heterocycles. The molecular weight excluding hydrogens is 290 g/mol. The van der Waals surface area contributed by atoms with Crippen molar-refractivity contribution in [2.75, 3.05) is 14.2 Å². The van der Waals surface area contributed by atoms with E-state index in [0.29, 0.717) is 12.8 Å². The van der Waals surface area contributed by atoms with E-state index in [1.54, 1.807) is 7.11 Å². The molecule has 4 heteroatoms. The molecule has 1 unspecified atom stereocenters. The largest absolute Gasteiger partial charge is 0.500 e. The van der Waals surface area contributed by atoms with Gasteiger partial charge in [0, 0.05) is 12.3 Å². The summed E-state index contributed by atoms with van der Waals surface area (Å²) in [6.45, 7) is 8.05. The molecule has 1 aliphatic rings. The number of allylic oxidation sites excluding steroid dienone is 2. The van der Waals surface area contributed by atoms with Crippen molar-refractivity contribution in [1.82, 2.24) is 0 Å². The zero-order valence-electron chi connectivity index (χ0n) is 14.8. The Balaban J connectivity index is 2.41. The van der Waals surface area contributed by atoms with Crippen molar-refractivity contribution < 1.29 is 14.4 Å². The van der Waals surface area contributed by atoms with Crippen molar-refractivity contribution in [2.45, 2.75) is 40.5 Å². The summed E-state index contributed by atoms with van der Waals surface area (Å²) in [7, 11) is 3.16. The molecule has 0 saturated carbocycles. The molecule has 23 heavy (non-hydrogen) atoms. The molecule has 0 fully saturated rings. The van der Waals surface area contributed by atoms with E-state index < -0.39 is 0 Å². The normalized spacial score (nSPS) is 18.6. The first kappa shape index (κ1) is 17.3. The molecule has 0 saturated heterocycles. The number of aryl methyl sites for hydroxylation is 3. The van der Waals surface area contributed by atoms with Gasteiger partial charge in [-0.25, -0.2) is 0 Å². The molecular formula is C19H25NO3. The highest BCUT2D eigenvalue weighted by atomic mass is 16.6. The van der Waals surface area contributed by atoms with Gasteiger partial charge in [0.2, 0.25) is 0 Å². The van der Waals surface area contributed by atoms with Crippen LogP contribution in [0.15, 0.2) is 23.0 Å². The number of hydrogen-bond donors (Lipinski definition) is 0. The van der Waals surface area contributed by atoms with Gasteiger partial charge >= 0.3 is 0 Å². The highest BCUT2D eigenvalue weighted by Crippen LogP contribution is 2.39. The maximum Gasteiger partial charge on any atom is 0.170 e. The van der Waals surface area contributed by atoms with Crippen molar-refractivity contribution in [2.24, 2.45) is 11.1 Å². The Labute approximate surface area is 138 Å². The Morgan fingerprint density at radius 3 is 2.35 bits per heavy atom. The van der Waals surface area contributed by atoms with Crippen molar-refractivity contribution >= 4 is 17.1 Å². The van der Waals surface area contributed by atoms with E-state index in [-0.39, 0.29) is 11.7 Å². The van der Waals surface area contributed by atoms with Crippen LogP contribution in [-0.4, -0.2) is 25.7 Å². The summed E-state index contributed by atoms with van der Waals surface area (Å²) < 4.78 is 5.55. The van der Waals surface area contributed by atoms with Crippen LogP contribution in [0.4, 0.5) is 0 Å². The molecule has 1 aromatic carbocycles. The topological polar surface area (TPSA) is 47.9 Å². The first-order valence-electron chi connectivity index (χ1n) is 7.85. The molecule has 1 aliphatic carbocycles. The van der Waals surface area contributed by atoms with E-state index in [1.807, 2.05) is 20.8 Å². The van der Waals surface area contributed by atoms with E-state index in [9.17, 15) is 4.79 Å². The van der Waals surface area contributed by atoms with Gasteiger partial charge < -0.3 is 9.57 Å². The smallest absolute Gasteiger partial charge is 0.170 e. The van der Waals surface area contributed by atoms with Crippen LogP contribution in [0.25, 0.3) is 5.57 Å². The number of rotatable bonds is 5. The number of carbonyl (C=O) groups excluding carboxylic acids is 1. The number of hydrogen-bond acceptors (Lipinski definition) is 4. The lowest BCUT2D eigenvalue weighted by atomic mass is 9.90. The molecule has 0 aromatic heterocycles. The lowest BCUT2D eigenvalue weighted by Gasteiger charge is -2.14.